The molecule has 0 aromatic heterocycles. The Morgan fingerprint density at radius 3 is 2.32 bits per heavy atom. The van der Waals surface area contributed by atoms with Gasteiger partial charge >= 0.3 is 0 Å². The van der Waals surface area contributed by atoms with Crippen molar-refractivity contribution in [3.8, 4) is 6.07 Å². The molecule has 0 radical (unpaired) electrons. The molecule has 0 aliphatic carbocycles. The number of rotatable bonds is 7. The third kappa shape index (κ3) is 5.72. The number of sulfonamides is 1. The highest BCUT2D eigenvalue weighted by atomic mass is 32.2. The Morgan fingerprint density at radius 1 is 1.28 bits per heavy atom. The summed E-state index contributed by atoms with van der Waals surface area (Å²) in [6.07, 6.45) is 0. The van der Waals surface area contributed by atoms with E-state index < -0.39 is 28.2 Å². The maximum absolute atomic E-state index is 13.3. The van der Waals surface area contributed by atoms with Crippen LogP contribution in [-0.4, -0.2) is 37.8 Å². The van der Waals surface area contributed by atoms with Gasteiger partial charge in [-0.25, -0.2) is 17.5 Å². The lowest BCUT2D eigenvalue weighted by molar-refractivity contribution is 0.556. The van der Waals surface area contributed by atoms with Gasteiger partial charge in [0.1, 0.15) is 5.82 Å². The lowest BCUT2D eigenvalue weighted by Crippen LogP contribution is -2.42. The summed E-state index contributed by atoms with van der Waals surface area (Å²) in [5, 5.41) is 9.77. The zero-order valence-electron chi connectivity index (χ0n) is 14.6. The summed E-state index contributed by atoms with van der Waals surface area (Å²) in [4.78, 5) is 0. The summed E-state index contributed by atoms with van der Waals surface area (Å²) < 4.78 is 40.4. The summed E-state index contributed by atoms with van der Waals surface area (Å²) in [6, 6.07) is 7.95. The largest absolute Gasteiger partial charge is 0.212 e. The van der Waals surface area contributed by atoms with Gasteiger partial charge in [-0.15, -0.1) is 23.5 Å². The maximum Gasteiger partial charge on any atom is 0.211 e. The average Bonchev–Trinajstić information content (AvgIpc) is 3.01. The molecule has 1 heterocycles. The van der Waals surface area contributed by atoms with Crippen LogP contribution in [0.15, 0.2) is 24.3 Å². The number of hydrogen-bond donors (Lipinski definition) is 1. The Labute approximate surface area is 159 Å². The van der Waals surface area contributed by atoms with Crippen molar-refractivity contribution in [2.45, 2.75) is 35.8 Å². The van der Waals surface area contributed by atoms with Gasteiger partial charge in [-0.2, -0.15) is 5.26 Å². The molecule has 1 aromatic carbocycles. The van der Waals surface area contributed by atoms with Crippen LogP contribution in [0.4, 0.5) is 4.39 Å². The molecule has 0 bridgehead atoms. The summed E-state index contributed by atoms with van der Waals surface area (Å²) in [5.74, 6) is 1.23. The molecule has 1 aliphatic heterocycles. The first kappa shape index (κ1) is 20.8. The van der Waals surface area contributed by atoms with E-state index >= 15 is 0 Å². The van der Waals surface area contributed by atoms with Crippen LogP contribution in [0, 0.1) is 17.1 Å². The number of hydrogen-bond acceptors (Lipinski definition) is 5. The quantitative estimate of drug-likeness (QED) is 0.682. The van der Waals surface area contributed by atoms with E-state index in [9.17, 15) is 18.1 Å². The van der Waals surface area contributed by atoms with Gasteiger partial charge in [0.05, 0.1) is 17.9 Å². The van der Waals surface area contributed by atoms with Gasteiger partial charge in [0.15, 0.2) is 4.08 Å². The van der Waals surface area contributed by atoms with Gasteiger partial charge in [0.25, 0.3) is 0 Å². The van der Waals surface area contributed by atoms with Gasteiger partial charge < -0.3 is 0 Å². The smallest absolute Gasteiger partial charge is 0.211 e. The van der Waals surface area contributed by atoms with Crippen molar-refractivity contribution in [3.63, 3.8) is 0 Å². The van der Waals surface area contributed by atoms with E-state index in [0.29, 0.717) is 11.6 Å². The fraction of sp³-hybridized carbons (Fsp3) is 0.562. The zero-order chi connectivity index (χ0) is 18.7. The average molecular weight is 419 g/mol. The molecule has 0 amide bonds. The Bertz CT molecular complexity index is 736. The van der Waals surface area contributed by atoms with Gasteiger partial charge in [0.2, 0.25) is 10.0 Å². The van der Waals surface area contributed by atoms with E-state index in [1.165, 1.54) is 35.7 Å². The number of nitrogens with one attached hydrogen (secondary N) is 1. The van der Waals surface area contributed by atoms with E-state index in [0.717, 1.165) is 11.5 Å². The van der Waals surface area contributed by atoms with Crippen LogP contribution in [0.25, 0.3) is 0 Å². The molecule has 0 saturated carbocycles. The summed E-state index contributed by atoms with van der Waals surface area (Å²) >= 11 is 2.90. The predicted octanol–water partition coefficient (Wildman–Crippen LogP) is 3.82. The molecule has 0 spiro atoms. The molecular weight excluding hydrogens is 395 g/mol. The minimum absolute atomic E-state index is 0.0528. The highest BCUT2D eigenvalue weighted by molar-refractivity contribution is 8.21. The molecular formula is C16H23FN2O2S3Si. The van der Waals surface area contributed by atoms with Crippen molar-refractivity contribution >= 4 is 41.6 Å². The van der Waals surface area contributed by atoms with E-state index in [1.54, 1.807) is 12.1 Å². The molecule has 9 heteroatoms. The minimum atomic E-state index is -3.54. The van der Waals surface area contributed by atoms with Crippen molar-refractivity contribution in [1.29, 1.82) is 5.26 Å². The minimum Gasteiger partial charge on any atom is -0.212 e. The highest BCUT2D eigenvalue weighted by Gasteiger charge is 2.46. The molecule has 1 N–H and O–H groups in total. The van der Waals surface area contributed by atoms with Crippen LogP contribution < -0.4 is 4.72 Å². The monoisotopic (exact) mass is 418 g/mol. The topological polar surface area (TPSA) is 70.0 Å². The van der Waals surface area contributed by atoms with Gasteiger partial charge in [-0.05, 0) is 23.7 Å². The van der Waals surface area contributed by atoms with Gasteiger partial charge in [-0.1, -0.05) is 31.8 Å². The summed E-state index contributed by atoms with van der Waals surface area (Å²) in [6.45, 7) is 6.37. The lowest BCUT2D eigenvalue weighted by atomic mass is 10.0. The Balaban J connectivity index is 2.32. The maximum atomic E-state index is 13.3. The second-order valence-electron chi connectivity index (χ2n) is 7.21. The van der Waals surface area contributed by atoms with Crippen LogP contribution in [0.1, 0.15) is 11.6 Å². The molecule has 1 fully saturated rings. The lowest BCUT2D eigenvalue weighted by Gasteiger charge is -2.31. The fourth-order valence-corrected chi connectivity index (χ4v) is 9.85. The molecule has 4 nitrogen and oxygen atoms in total. The number of nitriles is 1. The Kier molecular flexibility index (Phi) is 6.65. The Morgan fingerprint density at radius 2 is 1.84 bits per heavy atom. The third-order valence-corrected chi connectivity index (χ3v) is 10.6. The standard InChI is InChI=1S/C16H23FN2O2S3Si/c1-25(2,3)11-10-24(20,21)19-15(13-4-6-14(17)7-5-13)16(12-18)22-8-9-23-16/h4-7,15,19H,8-11H2,1-3H3/t15-/m0/s1. The number of nitrogens with zero attached hydrogens (tertiary/aromatic N) is 1. The van der Waals surface area contributed by atoms with Gasteiger partial charge in [-0.3, -0.25) is 0 Å². The van der Waals surface area contributed by atoms with Crippen LogP contribution in [0.3, 0.4) is 0 Å². The number of thioether (sulfide) groups is 2. The van der Waals surface area contributed by atoms with Crippen molar-refractivity contribution < 1.29 is 12.8 Å². The first-order valence-electron chi connectivity index (χ1n) is 8.02. The highest BCUT2D eigenvalue weighted by Crippen LogP contribution is 2.51. The van der Waals surface area contributed by atoms with Crippen molar-refractivity contribution in [3.05, 3.63) is 35.6 Å². The van der Waals surface area contributed by atoms with E-state index in [4.69, 9.17) is 0 Å². The molecule has 138 valence electrons. The van der Waals surface area contributed by atoms with Gasteiger partial charge in [0, 0.05) is 19.6 Å². The predicted molar refractivity (Wildman–Crippen MR) is 107 cm³/mol. The molecule has 2 rings (SSSR count). The first-order valence-corrected chi connectivity index (χ1v) is 15.3. The zero-order valence-corrected chi connectivity index (χ0v) is 18.0. The molecule has 0 unspecified atom stereocenters. The van der Waals surface area contributed by atoms with E-state index in [2.05, 4.69) is 30.4 Å². The molecule has 1 atom stereocenters. The first-order chi connectivity index (χ1) is 11.6. The van der Waals surface area contributed by atoms with Crippen LogP contribution in [0.5, 0.6) is 0 Å². The summed E-state index contributed by atoms with van der Waals surface area (Å²) in [7, 11) is -5.05. The molecule has 1 aliphatic rings. The summed E-state index contributed by atoms with van der Waals surface area (Å²) in [5.41, 5.74) is 0.612. The van der Waals surface area contributed by atoms with Crippen molar-refractivity contribution in [1.82, 2.24) is 4.72 Å². The molecule has 1 saturated heterocycles. The third-order valence-electron chi connectivity index (χ3n) is 3.87. The van der Waals surface area contributed by atoms with Crippen LogP contribution in [-0.2, 0) is 10.0 Å². The number of halogens is 1. The second-order valence-corrected chi connectivity index (χ2v) is 17.6. The second kappa shape index (κ2) is 8.01. The van der Waals surface area contributed by atoms with Crippen LogP contribution in [0.2, 0.25) is 25.7 Å². The van der Waals surface area contributed by atoms with Crippen molar-refractivity contribution in [2.24, 2.45) is 0 Å². The van der Waals surface area contributed by atoms with Crippen molar-refractivity contribution in [2.75, 3.05) is 17.3 Å². The van der Waals surface area contributed by atoms with E-state index in [1.807, 2.05) is 0 Å². The van der Waals surface area contributed by atoms with Crippen LogP contribution >= 0.6 is 23.5 Å². The molecule has 25 heavy (non-hydrogen) atoms. The normalized spacial score (nSPS) is 18.7. The Hall–Kier alpha value is -0.533. The SMILES string of the molecule is C[Si](C)(C)CCS(=O)(=O)N[C@@H](c1ccc(F)cc1)C1(C#N)SCCS1. The van der Waals surface area contributed by atoms with E-state index in [-0.39, 0.29) is 11.6 Å². The fourth-order valence-electron chi connectivity index (χ4n) is 2.42. The number of benzene rings is 1. The molecule has 1 aromatic rings.